The zero-order valence-electron chi connectivity index (χ0n) is 20.1. The molecule has 0 saturated heterocycles. The van der Waals surface area contributed by atoms with Crippen molar-refractivity contribution < 1.29 is 19.4 Å². The van der Waals surface area contributed by atoms with Crippen LogP contribution in [0.1, 0.15) is 60.3 Å². The van der Waals surface area contributed by atoms with Gasteiger partial charge in [-0.15, -0.1) is 0 Å². The second kappa shape index (κ2) is 10.2. The molecule has 6 nitrogen and oxygen atoms in total. The van der Waals surface area contributed by atoms with Gasteiger partial charge in [-0.05, 0) is 74.8 Å². The maximum Gasteiger partial charge on any atom is 0.258 e. The van der Waals surface area contributed by atoms with Gasteiger partial charge in [0, 0.05) is 18.0 Å². The Labute approximate surface area is 192 Å². The Balaban J connectivity index is 1.64. The van der Waals surface area contributed by atoms with Crippen molar-refractivity contribution in [3.05, 3.63) is 30.3 Å². The number of carbonyl (C=O) groups excluding carboxylic acids is 2. The molecule has 2 aliphatic carbocycles. The lowest BCUT2D eigenvalue weighted by Crippen LogP contribution is -2.59. The van der Waals surface area contributed by atoms with Crippen molar-refractivity contribution in [1.82, 2.24) is 10.6 Å². The molecule has 32 heavy (non-hydrogen) atoms. The molecule has 2 aliphatic rings. The molecule has 0 heterocycles. The van der Waals surface area contributed by atoms with Crippen LogP contribution in [0.5, 0.6) is 5.75 Å². The lowest BCUT2D eigenvalue weighted by molar-refractivity contribution is -0.144. The molecule has 0 bridgehead atoms. The molecule has 0 unspecified atom stereocenters. The van der Waals surface area contributed by atoms with E-state index >= 15 is 0 Å². The SMILES string of the molecule is CC(C)NC(=O)[C@@H](C)[C@@H]1CC[C@]2(C)CC[C@H](NC(=O)COc3ccccc3)[C@H](C)[C@@H]2[C@H]1O. The molecular formula is C26H40N2O4. The van der Waals surface area contributed by atoms with Crippen LogP contribution in [0.2, 0.25) is 0 Å². The third-order valence-corrected chi connectivity index (χ3v) is 7.83. The quantitative estimate of drug-likeness (QED) is 0.600. The number of carbonyl (C=O) groups is 2. The van der Waals surface area contributed by atoms with E-state index in [9.17, 15) is 14.7 Å². The Morgan fingerprint density at radius 2 is 1.81 bits per heavy atom. The van der Waals surface area contributed by atoms with E-state index in [2.05, 4.69) is 24.5 Å². The number of nitrogens with one attached hydrogen (secondary N) is 2. The second-order valence-corrected chi connectivity index (χ2v) is 10.5. The Hall–Kier alpha value is -2.08. The fourth-order valence-corrected chi connectivity index (χ4v) is 6.02. The van der Waals surface area contributed by atoms with E-state index in [0.717, 1.165) is 25.7 Å². The van der Waals surface area contributed by atoms with Crippen molar-refractivity contribution >= 4 is 11.8 Å². The molecule has 7 atom stereocenters. The van der Waals surface area contributed by atoms with Crippen LogP contribution in [0.3, 0.4) is 0 Å². The van der Waals surface area contributed by atoms with Gasteiger partial charge in [0.1, 0.15) is 5.75 Å². The average molecular weight is 445 g/mol. The van der Waals surface area contributed by atoms with Crippen LogP contribution in [0, 0.1) is 29.1 Å². The molecular weight excluding hydrogens is 404 g/mol. The van der Waals surface area contributed by atoms with Crippen LogP contribution in [0.4, 0.5) is 0 Å². The normalized spacial score (nSPS) is 33.2. The van der Waals surface area contributed by atoms with Crippen LogP contribution < -0.4 is 15.4 Å². The summed E-state index contributed by atoms with van der Waals surface area (Å²) < 4.78 is 5.59. The van der Waals surface area contributed by atoms with Crippen molar-refractivity contribution in [3.63, 3.8) is 0 Å². The van der Waals surface area contributed by atoms with Crippen LogP contribution in [0.25, 0.3) is 0 Å². The molecule has 3 rings (SSSR count). The molecule has 0 radical (unpaired) electrons. The first-order valence-electron chi connectivity index (χ1n) is 12.1. The number of rotatable bonds is 7. The molecule has 6 heteroatoms. The Morgan fingerprint density at radius 3 is 2.47 bits per heavy atom. The van der Waals surface area contributed by atoms with Crippen LogP contribution in [-0.2, 0) is 9.59 Å². The fourth-order valence-electron chi connectivity index (χ4n) is 6.02. The van der Waals surface area contributed by atoms with Gasteiger partial charge in [-0.25, -0.2) is 0 Å². The van der Waals surface area contributed by atoms with E-state index in [4.69, 9.17) is 4.74 Å². The molecule has 0 aromatic heterocycles. The van der Waals surface area contributed by atoms with Gasteiger partial charge in [0.15, 0.2) is 6.61 Å². The molecule has 2 saturated carbocycles. The second-order valence-electron chi connectivity index (χ2n) is 10.5. The number of fused-ring (bicyclic) bond motifs is 1. The summed E-state index contributed by atoms with van der Waals surface area (Å²) in [5.41, 5.74) is 0.0331. The summed E-state index contributed by atoms with van der Waals surface area (Å²) in [5.74, 6) is 0.409. The predicted octanol–water partition coefficient (Wildman–Crippen LogP) is 3.53. The van der Waals surface area contributed by atoms with Gasteiger partial charge in [0.05, 0.1) is 6.10 Å². The first-order valence-corrected chi connectivity index (χ1v) is 12.1. The largest absolute Gasteiger partial charge is 0.484 e. The number of aliphatic hydroxyl groups is 1. The first-order chi connectivity index (χ1) is 15.1. The van der Waals surface area contributed by atoms with E-state index in [-0.39, 0.29) is 59.6 Å². The predicted molar refractivity (Wildman–Crippen MR) is 125 cm³/mol. The minimum Gasteiger partial charge on any atom is -0.484 e. The lowest BCUT2D eigenvalue weighted by Gasteiger charge is -2.56. The van der Waals surface area contributed by atoms with Gasteiger partial charge in [0.2, 0.25) is 5.91 Å². The highest BCUT2D eigenvalue weighted by molar-refractivity contribution is 5.79. The maximum atomic E-state index is 12.6. The molecule has 0 spiro atoms. The van der Waals surface area contributed by atoms with Gasteiger partial charge in [-0.2, -0.15) is 0 Å². The average Bonchev–Trinajstić information content (AvgIpc) is 2.74. The summed E-state index contributed by atoms with van der Waals surface area (Å²) in [6.07, 6.45) is 3.16. The number of hydrogen-bond donors (Lipinski definition) is 3. The fraction of sp³-hybridized carbons (Fsp3) is 0.692. The minimum atomic E-state index is -0.558. The number of ether oxygens (including phenoxy) is 1. The maximum absolute atomic E-state index is 12.6. The van der Waals surface area contributed by atoms with E-state index in [1.54, 1.807) is 0 Å². The highest BCUT2D eigenvalue weighted by Crippen LogP contribution is 2.55. The van der Waals surface area contributed by atoms with E-state index in [1.807, 2.05) is 51.1 Å². The number of hydrogen-bond acceptors (Lipinski definition) is 4. The molecule has 2 fully saturated rings. The standard InChI is InChI=1S/C26H40N2O4/c1-16(2)27-25(31)17(3)20-11-13-26(5)14-12-21(18(4)23(26)24(20)30)28-22(29)15-32-19-9-7-6-8-10-19/h6-10,16-18,20-21,23-24,30H,11-15H2,1-5H3,(H,27,31)(H,28,29)/t17-,18-,20-,21-,23+,24-,26+/m0/s1. The summed E-state index contributed by atoms with van der Waals surface area (Å²) in [5, 5.41) is 17.6. The van der Waals surface area contributed by atoms with E-state index in [0.29, 0.717) is 5.75 Å². The number of amides is 2. The number of para-hydroxylation sites is 1. The minimum absolute atomic E-state index is 0.00635. The van der Waals surface area contributed by atoms with Gasteiger partial charge in [-0.1, -0.05) is 39.0 Å². The monoisotopic (exact) mass is 444 g/mol. The summed E-state index contributed by atoms with van der Waals surface area (Å²) in [6.45, 7) is 10.2. The van der Waals surface area contributed by atoms with Crippen molar-refractivity contribution in [3.8, 4) is 5.75 Å². The zero-order valence-corrected chi connectivity index (χ0v) is 20.1. The summed E-state index contributed by atoms with van der Waals surface area (Å²) in [4.78, 5) is 25.2. The molecule has 1 aromatic rings. The number of benzene rings is 1. The van der Waals surface area contributed by atoms with Gasteiger partial charge >= 0.3 is 0 Å². The van der Waals surface area contributed by atoms with E-state index in [1.165, 1.54) is 0 Å². The molecule has 3 N–H and O–H groups in total. The van der Waals surface area contributed by atoms with Gasteiger partial charge in [0.25, 0.3) is 5.91 Å². The van der Waals surface area contributed by atoms with Crippen LogP contribution in [0.15, 0.2) is 30.3 Å². The van der Waals surface area contributed by atoms with Crippen molar-refractivity contribution in [2.75, 3.05) is 6.61 Å². The third kappa shape index (κ3) is 5.45. The number of aliphatic hydroxyl groups excluding tert-OH is 1. The van der Waals surface area contributed by atoms with Gasteiger partial charge in [-0.3, -0.25) is 9.59 Å². The Kier molecular flexibility index (Phi) is 7.86. The highest BCUT2D eigenvalue weighted by atomic mass is 16.5. The summed E-state index contributed by atoms with van der Waals surface area (Å²) in [7, 11) is 0. The zero-order chi connectivity index (χ0) is 23.5. The van der Waals surface area contributed by atoms with Crippen molar-refractivity contribution in [2.45, 2.75) is 78.5 Å². The highest BCUT2D eigenvalue weighted by Gasteiger charge is 2.53. The summed E-state index contributed by atoms with van der Waals surface area (Å²) in [6, 6.07) is 9.40. The van der Waals surface area contributed by atoms with Crippen molar-refractivity contribution in [1.29, 1.82) is 0 Å². The van der Waals surface area contributed by atoms with Crippen LogP contribution in [-0.4, -0.2) is 41.7 Å². The van der Waals surface area contributed by atoms with Crippen LogP contribution >= 0.6 is 0 Å². The summed E-state index contributed by atoms with van der Waals surface area (Å²) >= 11 is 0. The molecule has 2 amide bonds. The van der Waals surface area contributed by atoms with E-state index < -0.39 is 6.10 Å². The molecule has 0 aliphatic heterocycles. The molecule has 178 valence electrons. The first kappa shape index (κ1) is 24.6. The Morgan fingerprint density at radius 1 is 1.16 bits per heavy atom. The lowest BCUT2D eigenvalue weighted by atomic mass is 9.51. The smallest absolute Gasteiger partial charge is 0.258 e. The molecule has 1 aromatic carbocycles. The topological polar surface area (TPSA) is 87.7 Å². The Bertz CT molecular complexity index is 783. The third-order valence-electron chi connectivity index (χ3n) is 7.83. The van der Waals surface area contributed by atoms with Gasteiger partial charge < -0.3 is 20.5 Å². The van der Waals surface area contributed by atoms with Crippen molar-refractivity contribution in [2.24, 2.45) is 29.1 Å².